The summed E-state index contributed by atoms with van der Waals surface area (Å²) in [5.41, 5.74) is 0.989. The second-order valence-corrected chi connectivity index (χ2v) is 6.56. The van der Waals surface area contributed by atoms with Gasteiger partial charge in [-0.3, -0.25) is 4.79 Å². The lowest BCUT2D eigenvalue weighted by Gasteiger charge is -2.31. The number of benzene rings is 2. The fourth-order valence-electron chi connectivity index (χ4n) is 3.28. The second kappa shape index (κ2) is 7.26. The van der Waals surface area contributed by atoms with E-state index in [2.05, 4.69) is 10.1 Å². The zero-order chi connectivity index (χ0) is 18.8. The third-order valence-electron chi connectivity index (χ3n) is 4.67. The van der Waals surface area contributed by atoms with Gasteiger partial charge < -0.3 is 9.42 Å². The van der Waals surface area contributed by atoms with Gasteiger partial charge in [-0.1, -0.05) is 11.2 Å². The predicted molar refractivity (Wildman–Crippen MR) is 94.0 cm³/mol. The summed E-state index contributed by atoms with van der Waals surface area (Å²) in [5.74, 6) is -0.225. The smallest absolute Gasteiger partial charge is 0.253 e. The summed E-state index contributed by atoms with van der Waals surface area (Å²) in [6.45, 7) is 1.03. The molecule has 1 aliphatic heterocycles. The van der Waals surface area contributed by atoms with Crippen LogP contribution in [0.25, 0.3) is 11.4 Å². The number of hydrogen-bond acceptors (Lipinski definition) is 4. The monoisotopic (exact) mass is 369 g/mol. The SMILES string of the molecule is O=C(c1cccc(F)c1)N1CCC[C@@H](c2nc(-c3ccc(F)cc3)no2)C1. The standard InChI is InChI=1S/C20H17F2N3O2/c21-16-8-6-13(7-9-16)18-23-19(27-24-18)15-4-2-10-25(12-15)20(26)14-3-1-5-17(22)11-14/h1,3,5-9,11,15H,2,4,10,12H2/t15-/m1/s1. The Morgan fingerprint density at radius 2 is 1.93 bits per heavy atom. The Bertz CT molecular complexity index is 956. The van der Waals surface area contributed by atoms with Crippen LogP contribution in [0.1, 0.15) is 35.0 Å². The van der Waals surface area contributed by atoms with E-state index < -0.39 is 5.82 Å². The van der Waals surface area contributed by atoms with Crippen molar-refractivity contribution < 1.29 is 18.1 Å². The zero-order valence-electron chi connectivity index (χ0n) is 14.4. The summed E-state index contributed by atoms with van der Waals surface area (Å²) in [6.07, 6.45) is 1.61. The Labute approximate surface area is 154 Å². The van der Waals surface area contributed by atoms with Crippen molar-refractivity contribution in [3.8, 4) is 11.4 Å². The lowest BCUT2D eigenvalue weighted by Crippen LogP contribution is -2.39. The molecule has 0 bridgehead atoms. The number of halogens is 2. The fraction of sp³-hybridized carbons (Fsp3) is 0.250. The van der Waals surface area contributed by atoms with Crippen LogP contribution in [0.15, 0.2) is 53.1 Å². The average molecular weight is 369 g/mol. The number of nitrogens with zero attached hydrogens (tertiary/aromatic N) is 3. The van der Waals surface area contributed by atoms with E-state index in [0.717, 1.165) is 12.8 Å². The number of aromatic nitrogens is 2. The Kier molecular flexibility index (Phi) is 4.66. The van der Waals surface area contributed by atoms with Gasteiger partial charge in [0.25, 0.3) is 5.91 Å². The highest BCUT2D eigenvalue weighted by atomic mass is 19.1. The van der Waals surface area contributed by atoms with Crippen LogP contribution < -0.4 is 0 Å². The van der Waals surface area contributed by atoms with Gasteiger partial charge in [0.1, 0.15) is 11.6 Å². The lowest BCUT2D eigenvalue weighted by atomic mass is 9.97. The molecule has 2 heterocycles. The lowest BCUT2D eigenvalue weighted by molar-refractivity contribution is 0.0695. The minimum Gasteiger partial charge on any atom is -0.339 e. The molecule has 0 unspecified atom stereocenters. The summed E-state index contributed by atoms with van der Waals surface area (Å²) in [4.78, 5) is 18.7. The van der Waals surface area contributed by atoms with Gasteiger partial charge in [0, 0.05) is 24.2 Å². The van der Waals surface area contributed by atoms with Gasteiger partial charge >= 0.3 is 0 Å². The van der Waals surface area contributed by atoms with Gasteiger partial charge in [0.05, 0.1) is 5.92 Å². The molecule has 2 aromatic carbocycles. The van der Waals surface area contributed by atoms with Gasteiger partial charge in [0.15, 0.2) is 0 Å². The van der Waals surface area contributed by atoms with Crippen LogP contribution >= 0.6 is 0 Å². The summed E-state index contributed by atoms with van der Waals surface area (Å²) in [7, 11) is 0. The quantitative estimate of drug-likeness (QED) is 0.699. The largest absolute Gasteiger partial charge is 0.339 e. The molecule has 27 heavy (non-hydrogen) atoms. The first kappa shape index (κ1) is 17.3. The van der Waals surface area contributed by atoms with Crippen molar-refractivity contribution in [2.75, 3.05) is 13.1 Å². The van der Waals surface area contributed by atoms with Crippen molar-refractivity contribution in [3.05, 3.63) is 71.6 Å². The third kappa shape index (κ3) is 3.72. The first-order chi connectivity index (χ1) is 13.1. The van der Waals surface area contributed by atoms with Crippen molar-refractivity contribution in [1.82, 2.24) is 15.0 Å². The van der Waals surface area contributed by atoms with Crippen molar-refractivity contribution in [3.63, 3.8) is 0 Å². The maximum Gasteiger partial charge on any atom is 0.253 e. The molecule has 1 saturated heterocycles. The molecule has 5 nitrogen and oxygen atoms in total. The average Bonchev–Trinajstić information content (AvgIpc) is 3.18. The molecule has 3 aromatic rings. The molecule has 0 N–H and O–H groups in total. The summed E-state index contributed by atoms with van der Waals surface area (Å²) < 4.78 is 31.8. The molecule has 1 aliphatic rings. The Morgan fingerprint density at radius 1 is 1.11 bits per heavy atom. The minimum absolute atomic E-state index is 0.0852. The molecule has 0 radical (unpaired) electrons. The highest BCUT2D eigenvalue weighted by Crippen LogP contribution is 2.28. The van der Waals surface area contributed by atoms with E-state index >= 15 is 0 Å². The van der Waals surface area contributed by atoms with Crippen molar-refractivity contribution in [1.29, 1.82) is 0 Å². The Morgan fingerprint density at radius 3 is 2.70 bits per heavy atom. The van der Waals surface area contributed by atoms with E-state index in [1.165, 1.54) is 30.3 Å². The van der Waals surface area contributed by atoms with Crippen LogP contribution in [-0.2, 0) is 0 Å². The van der Waals surface area contributed by atoms with E-state index in [9.17, 15) is 13.6 Å². The number of amides is 1. The summed E-state index contributed by atoms with van der Waals surface area (Å²) in [5, 5.41) is 3.97. The maximum absolute atomic E-state index is 13.4. The molecule has 7 heteroatoms. The number of carbonyl (C=O) groups is 1. The van der Waals surface area contributed by atoms with E-state index in [0.29, 0.717) is 35.9 Å². The molecule has 0 saturated carbocycles. The Hall–Kier alpha value is -3.09. The van der Waals surface area contributed by atoms with E-state index in [4.69, 9.17) is 4.52 Å². The van der Waals surface area contributed by atoms with Gasteiger partial charge in [-0.05, 0) is 55.3 Å². The predicted octanol–water partition coefficient (Wildman–Crippen LogP) is 4.03. The number of carbonyl (C=O) groups excluding carboxylic acids is 1. The number of piperidine rings is 1. The van der Waals surface area contributed by atoms with E-state index in [1.807, 2.05) is 0 Å². The first-order valence-electron chi connectivity index (χ1n) is 8.74. The number of rotatable bonds is 3. The molecular weight excluding hydrogens is 352 g/mol. The number of hydrogen-bond donors (Lipinski definition) is 0. The molecule has 4 rings (SSSR count). The third-order valence-corrected chi connectivity index (χ3v) is 4.67. The summed E-state index contributed by atoms with van der Waals surface area (Å²) in [6, 6.07) is 11.5. The van der Waals surface area contributed by atoms with E-state index in [1.54, 1.807) is 23.1 Å². The fourth-order valence-corrected chi connectivity index (χ4v) is 3.28. The van der Waals surface area contributed by atoms with Gasteiger partial charge in [-0.15, -0.1) is 0 Å². The summed E-state index contributed by atoms with van der Waals surface area (Å²) >= 11 is 0. The molecule has 138 valence electrons. The highest BCUT2D eigenvalue weighted by Gasteiger charge is 2.29. The van der Waals surface area contributed by atoms with Crippen molar-refractivity contribution >= 4 is 5.91 Å². The molecule has 0 aliphatic carbocycles. The molecule has 1 amide bonds. The first-order valence-corrected chi connectivity index (χ1v) is 8.74. The molecule has 0 spiro atoms. The van der Waals surface area contributed by atoms with Gasteiger partial charge in [-0.2, -0.15) is 4.98 Å². The number of likely N-dealkylation sites (tertiary alicyclic amines) is 1. The zero-order valence-corrected chi connectivity index (χ0v) is 14.4. The van der Waals surface area contributed by atoms with Crippen LogP contribution in [0, 0.1) is 11.6 Å². The second-order valence-electron chi connectivity index (χ2n) is 6.56. The van der Waals surface area contributed by atoms with Crippen molar-refractivity contribution in [2.24, 2.45) is 0 Å². The molecule has 1 aromatic heterocycles. The van der Waals surface area contributed by atoms with Crippen LogP contribution in [0.3, 0.4) is 0 Å². The maximum atomic E-state index is 13.4. The van der Waals surface area contributed by atoms with Gasteiger partial charge in [0.2, 0.25) is 11.7 Å². The van der Waals surface area contributed by atoms with Crippen LogP contribution in [0.5, 0.6) is 0 Å². The van der Waals surface area contributed by atoms with Crippen molar-refractivity contribution in [2.45, 2.75) is 18.8 Å². The Balaban J connectivity index is 1.50. The molecular formula is C20H17F2N3O2. The van der Waals surface area contributed by atoms with Gasteiger partial charge in [-0.25, -0.2) is 8.78 Å². The normalized spacial score (nSPS) is 17.1. The van der Waals surface area contributed by atoms with E-state index in [-0.39, 0.29) is 17.6 Å². The van der Waals surface area contributed by atoms with Crippen LogP contribution in [-0.4, -0.2) is 34.0 Å². The molecule has 1 atom stereocenters. The molecule has 1 fully saturated rings. The topological polar surface area (TPSA) is 59.2 Å². The minimum atomic E-state index is -0.435. The van der Waals surface area contributed by atoms with Crippen LogP contribution in [0.2, 0.25) is 0 Å². The van der Waals surface area contributed by atoms with Crippen LogP contribution in [0.4, 0.5) is 8.78 Å². The highest BCUT2D eigenvalue weighted by molar-refractivity contribution is 5.94.